The van der Waals surface area contributed by atoms with Crippen molar-refractivity contribution in [2.24, 2.45) is 11.8 Å². The summed E-state index contributed by atoms with van der Waals surface area (Å²) in [5.41, 5.74) is 2.76. The monoisotopic (exact) mass is 401 g/mol. The topological polar surface area (TPSA) is 65.0 Å². The van der Waals surface area contributed by atoms with Crippen molar-refractivity contribution in [1.29, 1.82) is 0 Å². The molecule has 0 saturated carbocycles. The number of likely N-dealkylation sites (tertiary alicyclic amines) is 1. The largest absolute Gasteiger partial charge is 0.390 e. The minimum atomic E-state index is -0.541. The molecule has 0 radical (unpaired) electrons. The average Bonchev–Trinajstić information content (AvgIpc) is 2.78. The van der Waals surface area contributed by atoms with Gasteiger partial charge in [-0.2, -0.15) is 0 Å². The van der Waals surface area contributed by atoms with Crippen LogP contribution >= 0.6 is 0 Å². The zero-order chi connectivity index (χ0) is 20.1. The highest BCUT2D eigenvalue weighted by Gasteiger charge is 2.30. The fraction of sp³-hybridized carbons (Fsp3) is 0.696. The van der Waals surface area contributed by atoms with E-state index in [9.17, 15) is 9.90 Å². The van der Waals surface area contributed by atoms with E-state index in [1.165, 1.54) is 17.5 Å². The Bertz CT molecular complexity index is 677. The number of hydrogen-bond donors (Lipinski definition) is 2. The first kappa shape index (κ1) is 20.6. The van der Waals surface area contributed by atoms with Crippen LogP contribution in [0.5, 0.6) is 0 Å². The molecular formula is C23H35N3O3. The molecule has 2 atom stereocenters. The van der Waals surface area contributed by atoms with Crippen molar-refractivity contribution in [2.45, 2.75) is 44.8 Å². The second-order valence-electron chi connectivity index (χ2n) is 8.89. The van der Waals surface area contributed by atoms with Crippen LogP contribution < -0.4 is 5.32 Å². The molecule has 2 N–H and O–H groups in total. The maximum atomic E-state index is 12.7. The third-order valence-corrected chi connectivity index (χ3v) is 6.85. The van der Waals surface area contributed by atoms with Gasteiger partial charge in [-0.3, -0.25) is 4.90 Å². The van der Waals surface area contributed by atoms with Crippen LogP contribution in [0.4, 0.5) is 4.79 Å². The summed E-state index contributed by atoms with van der Waals surface area (Å²) < 4.78 is 5.49. The molecule has 1 aromatic carbocycles. The SMILES string of the molecule is O=C(NC[C@H](O)CN1CCc2ccccc2C1)N1CCC[C@@H](C2CCOCC2)C1. The number of carbonyl (C=O) groups excluding carboxylic acids is 1. The number of carbonyl (C=O) groups is 1. The molecular weight excluding hydrogens is 366 g/mol. The summed E-state index contributed by atoms with van der Waals surface area (Å²) in [4.78, 5) is 16.9. The van der Waals surface area contributed by atoms with Gasteiger partial charge in [0.25, 0.3) is 0 Å². The summed E-state index contributed by atoms with van der Waals surface area (Å²) in [7, 11) is 0. The molecule has 6 nitrogen and oxygen atoms in total. The predicted octanol–water partition coefficient (Wildman–Crippen LogP) is 2.25. The summed E-state index contributed by atoms with van der Waals surface area (Å²) in [6.07, 6.45) is 5.02. The second kappa shape index (κ2) is 9.92. The molecule has 1 aromatic rings. The van der Waals surface area contributed by atoms with Gasteiger partial charge in [0.05, 0.1) is 6.10 Å². The molecule has 4 rings (SSSR count). The van der Waals surface area contributed by atoms with Crippen LogP contribution in [0.25, 0.3) is 0 Å². The van der Waals surface area contributed by atoms with Gasteiger partial charge in [0.1, 0.15) is 0 Å². The first-order valence-corrected chi connectivity index (χ1v) is 11.3. The Morgan fingerprint density at radius 1 is 1.14 bits per heavy atom. The zero-order valence-electron chi connectivity index (χ0n) is 17.4. The quantitative estimate of drug-likeness (QED) is 0.794. The molecule has 3 heterocycles. The van der Waals surface area contributed by atoms with Gasteiger partial charge in [0.15, 0.2) is 0 Å². The van der Waals surface area contributed by atoms with Crippen LogP contribution in [0.15, 0.2) is 24.3 Å². The van der Waals surface area contributed by atoms with Crippen LogP contribution in [0.2, 0.25) is 0 Å². The van der Waals surface area contributed by atoms with E-state index in [1.807, 2.05) is 4.90 Å². The van der Waals surface area contributed by atoms with E-state index in [-0.39, 0.29) is 6.03 Å². The normalized spacial score (nSPS) is 24.7. The van der Waals surface area contributed by atoms with E-state index >= 15 is 0 Å². The molecule has 2 fully saturated rings. The fourth-order valence-electron chi connectivity index (χ4n) is 5.16. The lowest BCUT2D eigenvalue weighted by molar-refractivity contribution is 0.0311. The molecule has 0 aliphatic carbocycles. The number of β-amino-alcohol motifs (C(OH)–C–C–N with tert-alkyl or cyclic N) is 1. The highest BCUT2D eigenvalue weighted by atomic mass is 16.5. The summed E-state index contributed by atoms with van der Waals surface area (Å²) in [5.74, 6) is 1.28. The number of rotatable bonds is 5. The molecule has 6 heteroatoms. The summed E-state index contributed by atoms with van der Waals surface area (Å²) in [6, 6.07) is 8.50. The molecule has 2 amide bonds. The molecule has 2 saturated heterocycles. The van der Waals surface area contributed by atoms with E-state index < -0.39 is 6.10 Å². The number of amides is 2. The number of aliphatic hydroxyl groups excluding tert-OH is 1. The van der Waals surface area contributed by atoms with Gasteiger partial charge in [-0.15, -0.1) is 0 Å². The lowest BCUT2D eigenvalue weighted by Crippen LogP contribution is -2.50. The van der Waals surface area contributed by atoms with Gasteiger partial charge >= 0.3 is 6.03 Å². The van der Waals surface area contributed by atoms with E-state index in [1.54, 1.807) is 0 Å². The number of ether oxygens (including phenoxy) is 1. The lowest BCUT2D eigenvalue weighted by atomic mass is 9.81. The minimum absolute atomic E-state index is 0.0233. The van der Waals surface area contributed by atoms with Gasteiger partial charge in [0, 0.05) is 52.5 Å². The minimum Gasteiger partial charge on any atom is -0.390 e. The van der Waals surface area contributed by atoms with E-state index in [0.717, 1.165) is 65.1 Å². The smallest absolute Gasteiger partial charge is 0.317 e. The van der Waals surface area contributed by atoms with Crippen molar-refractivity contribution in [1.82, 2.24) is 15.1 Å². The Morgan fingerprint density at radius 3 is 2.76 bits per heavy atom. The molecule has 0 spiro atoms. The van der Waals surface area contributed by atoms with Gasteiger partial charge in [-0.1, -0.05) is 24.3 Å². The Kier molecular flexibility index (Phi) is 7.06. The lowest BCUT2D eigenvalue weighted by Gasteiger charge is -2.38. The van der Waals surface area contributed by atoms with Crippen LogP contribution in [0.1, 0.15) is 36.8 Å². The molecule has 3 aliphatic heterocycles. The Balaban J connectivity index is 1.20. The molecule has 160 valence electrons. The van der Waals surface area contributed by atoms with Gasteiger partial charge < -0.3 is 20.1 Å². The van der Waals surface area contributed by atoms with Crippen LogP contribution in [-0.2, 0) is 17.7 Å². The van der Waals surface area contributed by atoms with Gasteiger partial charge in [-0.25, -0.2) is 4.79 Å². The zero-order valence-corrected chi connectivity index (χ0v) is 17.4. The highest BCUT2D eigenvalue weighted by Crippen LogP contribution is 2.30. The molecule has 0 aromatic heterocycles. The van der Waals surface area contributed by atoms with Crippen molar-refractivity contribution in [3.63, 3.8) is 0 Å². The Morgan fingerprint density at radius 2 is 1.93 bits per heavy atom. The number of nitrogens with zero attached hydrogens (tertiary/aromatic N) is 2. The molecule has 0 bridgehead atoms. The number of nitrogens with one attached hydrogen (secondary N) is 1. The highest BCUT2D eigenvalue weighted by molar-refractivity contribution is 5.74. The van der Waals surface area contributed by atoms with Crippen molar-refractivity contribution >= 4 is 6.03 Å². The average molecular weight is 402 g/mol. The third-order valence-electron chi connectivity index (χ3n) is 6.85. The van der Waals surface area contributed by atoms with Crippen LogP contribution in [0, 0.1) is 11.8 Å². The maximum absolute atomic E-state index is 12.7. The molecule has 29 heavy (non-hydrogen) atoms. The maximum Gasteiger partial charge on any atom is 0.317 e. The number of benzene rings is 1. The van der Waals surface area contributed by atoms with Crippen molar-refractivity contribution in [3.05, 3.63) is 35.4 Å². The van der Waals surface area contributed by atoms with Gasteiger partial charge in [0.2, 0.25) is 0 Å². The third kappa shape index (κ3) is 5.50. The predicted molar refractivity (Wildman–Crippen MR) is 113 cm³/mol. The Hall–Kier alpha value is -1.63. The van der Waals surface area contributed by atoms with Crippen LogP contribution in [0.3, 0.4) is 0 Å². The number of hydrogen-bond acceptors (Lipinski definition) is 4. The summed E-state index contributed by atoms with van der Waals surface area (Å²) in [5, 5.41) is 13.4. The van der Waals surface area contributed by atoms with E-state index in [0.29, 0.717) is 24.9 Å². The van der Waals surface area contributed by atoms with Crippen LogP contribution in [-0.4, -0.2) is 73.0 Å². The van der Waals surface area contributed by atoms with Crippen molar-refractivity contribution in [3.8, 4) is 0 Å². The Labute approximate surface area is 174 Å². The van der Waals surface area contributed by atoms with E-state index in [2.05, 4.69) is 34.5 Å². The summed E-state index contributed by atoms with van der Waals surface area (Å²) >= 11 is 0. The number of aliphatic hydroxyl groups is 1. The first-order valence-electron chi connectivity index (χ1n) is 11.3. The van der Waals surface area contributed by atoms with Gasteiger partial charge in [-0.05, 0) is 55.1 Å². The van der Waals surface area contributed by atoms with Crippen molar-refractivity contribution < 1.29 is 14.6 Å². The number of urea groups is 1. The van der Waals surface area contributed by atoms with Crippen molar-refractivity contribution in [2.75, 3.05) is 45.9 Å². The second-order valence-corrected chi connectivity index (χ2v) is 8.89. The van der Waals surface area contributed by atoms with E-state index in [4.69, 9.17) is 4.74 Å². The first-order chi connectivity index (χ1) is 14.2. The number of piperidine rings is 1. The summed E-state index contributed by atoms with van der Waals surface area (Å²) in [6.45, 7) is 6.14. The molecule has 3 aliphatic rings. The molecule has 0 unspecified atom stereocenters. The standard InChI is InChI=1S/C23H35N3O3/c27-22(17-25-11-7-18-4-1-2-5-20(18)15-25)14-24-23(28)26-10-3-6-21(16-26)19-8-12-29-13-9-19/h1-2,4-5,19,21-22,27H,3,6-17H2,(H,24,28)/t21-,22+/m1/s1. The fourth-order valence-corrected chi connectivity index (χ4v) is 5.16. The number of fused-ring (bicyclic) bond motifs is 1.